The van der Waals surface area contributed by atoms with Crippen LogP contribution in [0.3, 0.4) is 0 Å². The molecule has 5 N–H and O–H groups in total. The summed E-state index contributed by atoms with van der Waals surface area (Å²) in [6.07, 6.45) is 18.9. The van der Waals surface area contributed by atoms with Crippen molar-refractivity contribution in [2.24, 2.45) is 28.2 Å². The number of aryl methyl sites for hydroxylation is 1. The number of phenolic OH excluding ortho intramolecular Hbond substituents is 1. The topological polar surface area (TPSA) is 116 Å². The lowest BCUT2D eigenvalue weighted by Crippen LogP contribution is -2.39. The summed E-state index contributed by atoms with van der Waals surface area (Å²) in [6, 6.07) is 6.54. The molecular formula is C41H61N3O5. The Labute approximate surface area is 294 Å². The number of benzene rings is 1. The Morgan fingerprint density at radius 3 is 2.76 bits per heavy atom. The molecule has 1 aromatic rings. The van der Waals surface area contributed by atoms with Gasteiger partial charge in [-0.2, -0.15) is 12.0 Å². The van der Waals surface area contributed by atoms with Crippen molar-refractivity contribution in [1.82, 2.24) is 10.6 Å². The molecule has 49 heavy (non-hydrogen) atoms. The molecule has 3 aliphatic carbocycles. The van der Waals surface area contributed by atoms with Gasteiger partial charge in [0.05, 0.1) is 24.5 Å². The molecular weight excluding hydrogens is 614 g/mol. The minimum absolute atomic E-state index is 0.0134. The monoisotopic (exact) mass is 675 g/mol. The van der Waals surface area contributed by atoms with Gasteiger partial charge in [0.25, 0.3) is 0 Å². The van der Waals surface area contributed by atoms with E-state index in [1.54, 1.807) is 6.07 Å². The van der Waals surface area contributed by atoms with E-state index in [9.17, 15) is 15.3 Å². The third kappa shape index (κ3) is 8.30. The number of aliphatic hydroxyl groups is 2. The largest absolute Gasteiger partial charge is 0.592 e. The molecule has 8 nitrogen and oxygen atoms in total. The number of fused-ring (bicyclic) bond motifs is 3. The van der Waals surface area contributed by atoms with Crippen LogP contribution in [0.1, 0.15) is 103 Å². The van der Waals surface area contributed by atoms with Crippen molar-refractivity contribution in [2.75, 3.05) is 32.8 Å². The van der Waals surface area contributed by atoms with Crippen LogP contribution in [0, 0.1) is 35.1 Å². The third-order valence-electron chi connectivity index (χ3n) is 12.0. The average molecular weight is 676 g/mol. The maximum absolute atomic E-state index is 10.8. The highest BCUT2D eigenvalue weighted by Crippen LogP contribution is 2.60. The van der Waals surface area contributed by atoms with E-state index in [4.69, 9.17) is 14.5 Å². The fraction of sp³-hybridized carbons (Fsp3) is 0.683. The quantitative estimate of drug-likeness (QED) is 0.118. The number of rotatable bonds is 17. The lowest BCUT2D eigenvalue weighted by atomic mass is 9.66. The zero-order valence-corrected chi connectivity index (χ0v) is 30.2. The second-order valence-corrected chi connectivity index (χ2v) is 15.5. The van der Waals surface area contributed by atoms with E-state index in [0.29, 0.717) is 36.2 Å². The van der Waals surface area contributed by atoms with Gasteiger partial charge in [-0.1, -0.05) is 64.2 Å². The SMILES string of the molecule is CCCCC1OC(CCc2ccc(O)c(OCC(NCC)[C+]3C=C4C(=N3)CC3(CCCC3)C3CCCC3C4CNCC(C)O)c2)=C[C-]1CO. The van der Waals surface area contributed by atoms with Crippen LogP contribution in [-0.4, -0.2) is 72.1 Å². The number of hydrogen-bond acceptors (Lipinski definition) is 8. The summed E-state index contributed by atoms with van der Waals surface area (Å²) in [5.74, 6) is 4.33. The molecule has 0 radical (unpaired) electrons. The van der Waals surface area contributed by atoms with Crippen LogP contribution in [0.2, 0.25) is 0 Å². The summed E-state index contributed by atoms with van der Waals surface area (Å²) < 4.78 is 12.6. The molecule has 0 bridgehead atoms. The summed E-state index contributed by atoms with van der Waals surface area (Å²) in [4.78, 5) is 5.41. The molecule has 270 valence electrons. The lowest BCUT2D eigenvalue weighted by Gasteiger charge is -2.37. The molecule has 6 rings (SSSR count). The summed E-state index contributed by atoms with van der Waals surface area (Å²) in [6.45, 7) is 8.81. The number of likely N-dealkylation sites (N-methyl/N-ethyl adjacent to an activating group) is 1. The summed E-state index contributed by atoms with van der Waals surface area (Å²) in [5.41, 5.74) is 4.13. The van der Waals surface area contributed by atoms with Crippen molar-refractivity contribution in [2.45, 2.75) is 122 Å². The number of phenols is 1. The Bertz CT molecular complexity index is 1330. The molecule has 3 saturated carbocycles. The van der Waals surface area contributed by atoms with Gasteiger partial charge in [0.15, 0.2) is 23.3 Å². The van der Waals surface area contributed by atoms with E-state index in [1.807, 2.05) is 25.1 Å². The molecule has 2 aliphatic heterocycles. The number of allylic oxidation sites excluding steroid dienone is 1. The molecule has 3 fully saturated rings. The van der Waals surface area contributed by atoms with Crippen LogP contribution in [0.25, 0.3) is 0 Å². The normalized spacial score (nSPS) is 26.9. The van der Waals surface area contributed by atoms with E-state index in [1.165, 1.54) is 56.2 Å². The smallest absolute Gasteiger partial charge is 0.190 e. The van der Waals surface area contributed by atoms with Gasteiger partial charge < -0.3 is 30.1 Å². The Hall–Kier alpha value is -2.65. The van der Waals surface area contributed by atoms with Crippen LogP contribution in [0.5, 0.6) is 11.5 Å². The van der Waals surface area contributed by atoms with E-state index >= 15 is 0 Å². The van der Waals surface area contributed by atoms with Gasteiger partial charge in [-0.3, -0.25) is 5.32 Å². The molecule has 1 aromatic carbocycles. The second-order valence-electron chi connectivity index (χ2n) is 15.5. The standard InChI is InChI=1S/C41H61N3O5/c1-4-6-12-39-29(25-45)20-30(49-39)15-13-28-14-16-38(47)40(19-28)48-26-37(43-5-2)35-21-32-33(24-42-23-27(3)46)31-10-9-11-34(31)41(17-7-8-18-41)22-36(32)44-35/h14,16,19-21,27,31,33-34,37,39,42-43,45-47H,4-13,15,17-18,22-26H2,1-3H3. The first kappa shape index (κ1) is 36.2. The third-order valence-corrected chi connectivity index (χ3v) is 12.0. The van der Waals surface area contributed by atoms with Gasteiger partial charge in [-0.25, -0.2) is 0 Å². The van der Waals surface area contributed by atoms with Crippen molar-refractivity contribution in [1.29, 1.82) is 0 Å². The van der Waals surface area contributed by atoms with Gasteiger partial charge in [-0.05, 0) is 86.9 Å². The van der Waals surface area contributed by atoms with Gasteiger partial charge in [-0.15, -0.1) is 4.99 Å². The Kier molecular flexibility index (Phi) is 12.2. The minimum Gasteiger partial charge on any atom is -0.592 e. The highest BCUT2D eigenvalue weighted by molar-refractivity contribution is 6.04. The highest BCUT2D eigenvalue weighted by Gasteiger charge is 2.57. The average Bonchev–Trinajstić information content (AvgIpc) is 3.90. The minimum atomic E-state index is -0.363. The molecule has 8 heteroatoms. The Morgan fingerprint density at radius 2 is 2.00 bits per heavy atom. The zero-order valence-electron chi connectivity index (χ0n) is 30.2. The molecule has 0 aromatic heterocycles. The van der Waals surface area contributed by atoms with Crippen LogP contribution in [0.15, 0.2) is 46.7 Å². The number of unbranched alkanes of at least 4 members (excludes halogenated alkanes) is 1. The first-order chi connectivity index (χ1) is 23.8. The molecule has 0 amide bonds. The van der Waals surface area contributed by atoms with E-state index < -0.39 is 0 Å². The van der Waals surface area contributed by atoms with Gasteiger partial charge >= 0.3 is 0 Å². The van der Waals surface area contributed by atoms with Crippen molar-refractivity contribution in [3.8, 4) is 11.5 Å². The van der Waals surface area contributed by atoms with Crippen molar-refractivity contribution in [3.63, 3.8) is 0 Å². The number of hydrogen-bond donors (Lipinski definition) is 5. The van der Waals surface area contributed by atoms with Gasteiger partial charge in [0.2, 0.25) is 0 Å². The zero-order chi connectivity index (χ0) is 34.4. The van der Waals surface area contributed by atoms with Crippen LogP contribution in [-0.2, 0) is 11.2 Å². The maximum Gasteiger partial charge on any atom is 0.190 e. The van der Waals surface area contributed by atoms with Gasteiger partial charge in [0.1, 0.15) is 18.2 Å². The number of aromatic hydroxyl groups is 1. The number of ether oxygens (including phenoxy) is 2. The van der Waals surface area contributed by atoms with Crippen LogP contribution >= 0.6 is 0 Å². The molecule has 6 atom stereocenters. The van der Waals surface area contributed by atoms with Crippen molar-refractivity contribution in [3.05, 3.63) is 59.2 Å². The summed E-state index contributed by atoms with van der Waals surface area (Å²) in [7, 11) is 0. The Morgan fingerprint density at radius 1 is 1.16 bits per heavy atom. The summed E-state index contributed by atoms with van der Waals surface area (Å²) >= 11 is 0. The van der Waals surface area contributed by atoms with Crippen molar-refractivity contribution < 1.29 is 24.8 Å². The van der Waals surface area contributed by atoms with Crippen LogP contribution < -0.4 is 15.4 Å². The predicted molar refractivity (Wildman–Crippen MR) is 195 cm³/mol. The maximum atomic E-state index is 10.8. The van der Waals surface area contributed by atoms with Crippen LogP contribution in [0.4, 0.5) is 0 Å². The fourth-order valence-electron chi connectivity index (χ4n) is 9.67. The molecule has 2 heterocycles. The second kappa shape index (κ2) is 16.6. The first-order valence-corrected chi connectivity index (χ1v) is 19.4. The van der Waals surface area contributed by atoms with E-state index in [0.717, 1.165) is 80.8 Å². The lowest BCUT2D eigenvalue weighted by molar-refractivity contribution is 0.115. The van der Waals surface area contributed by atoms with Gasteiger partial charge in [0, 0.05) is 25.8 Å². The highest BCUT2D eigenvalue weighted by atomic mass is 16.5. The number of nitrogens with zero attached hydrogens (tertiary/aromatic N) is 1. The number of nitrogens with one attached hydrogen (secondary N) is 2. The van der Waals surface area contributed by atoms with E-state index in [-0.39, 0.29) is 30.6 Å². The molecule has 1 spiro atoms. The molecule has 0 saturated heterocycles. The molecule has 5 aliphatic rings. The van der Waals surface area contributed by atoms with E-state index in [2.05, 4.69) is 30.6 Å². The predicted octanol–water partition coefficient (Wildman–Crippen LogP) is 6.60. The number of aliphatic imine (C=N–C) groups is 1. The Balaban J connectivity index is 1.15. The van der Waals surface area contributed by atoms with Crippen molar-refractivity contribution >= 4 is 5.71 Å². The molecule has 6 unspecified atom stereocenters. The fourth-order valence-corrected chi connectivity index (χ4v) is 9.67. The summed E-state index contributed by atoms with van der Waals surface area (Å²) in [5, 5.41) is 37.9. The first-order valence-electron chi connectivity index (χ1n) is 19.4. The number of aliphatic hydroxyl groups excluding tert-OH is 2.